The molecule has 0 atom stereocenters. The van der Waals surface area contributed by atoms with Crippen molar-refractivity contribution < 1.29 is 5.11 Å². The van der Waals surface area contributed by atoms with E-state index < -0.39 is 0 Å². The molecule has 0 aliphatic carbocycles. The zero-order valence-corrected chi connectivity index (χ0v) is 14.8. The van der Waals surface area contributed by atoms with E-state index >= 15 is 0 Å². The summed E-state index contributed by atoms with van der Waals surface area (Å²) in [7, 11) is 0. The quantitative estimate of drug-likeness (QED) is 0.585. The van der Waals surface area contributed by atoms with Crippen LogP contribution >= 0.6 is 0 Å². The smallest absolute Gasteiger partial charge is 0.0682 e. The maximum Gasteiger partial charge on any atom is 0.0682 e. The summed E-state index contributed by atoms with van der Waals surface area (Å²) in [6.07, 6.45) is 6.53. The van der Waals surface area contributed by atoms with E-state index in [9.17, 15) is 5.11 Å². The van der Waals surface area contributed by atoms with Crippen molar-refractivity contribution in [3.8, 4) is 11.1 Å². The second-order valence-electron chi connectivity index (χ2n) is 7.13. The minimum Gasteiger partial charge on any atom is -0.392 e. The van der Waals surface area contributed by atoms with E-state index in [4.69, 9.17) is 0 Å². The number of benzene rings is 2. The van der Waals surface area contributed by atoms with Gasteiger partial charge in [-0.1, -0.05) is 88.9 Å². The molecule has 1 N–H and O–H groups in total. The highest BCUT2D eigenvalue weighted by Crippen LogP contribution is 2.31. The van der Waals surface area contributed by atoms with Crippen molar-refractivity contribution in [2.45, 2.75) is 64.9 Å². The predicted octanol–water partition coefficient (Wildman–Crippen LogP) is 6.09. The van der Waals surface area contributed by atoms with Crippen LogP contribution in [-0.2, 0) is 12.0 Å². The first-order valence-corrected chi connectivity index (χ1v) is 8.87. The second kappa shape index (κ2) is 8.31. The summed E-state index contributed by atoms with van der Waals surface area (Å²) in [5.74, 6) is 0. The largest absolute Gasteiger partial charge is 0.392 e. The summed E-state index contributed by atoms with van der Waals surface area (Å²) in [6.45, 7) is 7.05. The molecule has 0 radical (unpaired) electrons. The van der Waals surface area contributed by atoms with E-state index in [1.54, 1.807) is 0 Å². The number of aliphatic hydroxyl groups excluding tert-OH is 1. The Morgan fingerprint density at radius 1 is 0.870 bits per heavy atom. The molecule has 0 spiro atoms. The van der Waals surface area contributed by atoms with Gasteiger partial charge in [0.15, 0.2) is 0 Å². The Balaban J connectivity index is 2.08. The van der Waals surface area contributed by atoms with Gasteiger partial charge in [0.2, 0.25) is 0 Å². The molecule has 0 aromatic heterocycles. The third-order valence-electron chi connectivity index (χ3n) is 4.76. The maximum atomic E-state index is 9.28. The van der Waals surface area contributed by atoms with E-state index in [1.807, 2.05) is 12.1 Å². The van der Waals surface area contributed by atoms with E-state index in [0.717, 1.165) is 5.56 Å². The standard InChI is InChI=1S/C22H30O/c1-4-5-6-7-15-22(2,3)21-13-11-19(12-14-21)20-10-8-9-18(16-20)17-23/h8-14,16,23H,4-7,15,17H2,1-3H3. The summed E-state index contributed by atoms with van der Waals surface area (Å²) in [6, 6.07) is 17.1. The molecule has 0 saturated carbocycles. The molecular weight excluding hydrogens is 280 g/mol. The van der Waals surface area contributed by atoms with Crippen LogP contribution in [0.1, 0.15) is 64.0 Å². The van der Waals surface area contributed by atoms with Crippen molar-refractivity contribution in [1.82, 2.24) is 0 Å². The average Bonchev–Trinajstić information content (AvgIpc) is 2.59. The molecule has 124 valence electrons. The summed E-state index contributed by atoms with van der Waals surface area (Å²) < 4.78 is 0. The van der Waals surface area contributed by atoms with Crippen molar-refractivity contribution >= 4 is 0 Å². The molecule has 0 saturated heterocycles. The van der Waals surface area contributed by atoms with Crippen molar-refractivity contribution in [3.63, 3.8) is 0 Å². The Morgan fingerprint density at radius 3 is 2.26 bits per heavy atom. The van der Waals surface area contributed by atoms with Crippen LogP contribution in [0.4, 0.5) is 0 Å². The first-order valence-electron chi connectivity index (χ1n) is 8.87. The molecule has 0 unspecified atom stereocenters. The highest BCUT2D eigenvalue weighted by molar-refractivity contribution is 5.64. The van der Waals surface area contributed by atoms with Crippen molar-refractivity contribution in [2.75, 3.05) is 0 Å². The van der Waals surface area contributed by atoms with Gasteiger partial charge in [-0.2, -0.15) is 0 Å². The van der Waals surface area contributed by atoms with Gasteiger partial charge in [-0.15, -0.1) is 0 Å². The number of rotatable bonds is 8. The van der Waals surface area contributed by atoms with Crippen LogP contribution in [-0.4, -0.2) is 5.11 Å². The molecule has 0 bridgehead atoms. The molecule has 2 rings (SSSR count). The lowest BCUT2D eigenvalue weighted by Crippen LogP contribution is -2.16. The number of aliphatic hydroxyl groups is 1. The first kappa shape index (κ1) is 17.7. The van der Waals surface area contributed by atoms with Gasteiger partial charge >= 0.3 is 0 Å². The van der Waals surface area contributed by atoms with Gasteiger partial charge in [-0.25, -0.2) is 0 Å². The van der Waals surface area contributed by atoms with E-state index in [0.29, 0.717) is 0 Å². The maximum absolute atomic E-state index is 9.28. The Labute approximate surface area is 141 Å². The molecule has 1 heteroatoms. The van der Waals surface area contributed by atoms with Crippen LogP contribution in [0, 0.1) is 0 Å². The van der Waals surface area contributed by atoms with Gasteiger partial charge in [-0.05, 0) is 40.2 Å². The highest BCUT2D eigenvalue weighted by Gasteiger charge is 2.19. The fourth-order valence-corrected chi connectivity index (χ4v) is 3.10. The summed E-state index contributed by atoms with van der Waals surface area (Å²) in [5.41, 5.74) is 4.99. The van der Waals surface area contributed by atoms with Crippen LogP contribution < -0.4 is 0 Å². The predicted molar refractivity (Wildman–Crippen MR) is 99.6 cm³/mol. The molecule has 0 amide bonds. The lowest BCUT2D eigenvalue weighted by molar-refractivity contribution is 0.282. The van der Waals surface area contributed by atoms with Crippen LogP contribution in [0.25, 0.3) is 11.1 Å². The van der Waals surface area contributed by atoms with Gasteiger partial charge in [0.05, 0.1) is 6.61 Å². The lowest BCUT2D eigenvalue weighted by Gasteiger charge is -2.25. The molecule has 1 nitrogen and oxygen atoms in total. The van der Waals surface area contributed by atoms with E-state index in [1.165, 1.54) is 48.8 Å². The Kier molecular flexibility index (Phi) is 6.41. The number of unbranched alkanes of at least 4 members (excludes halogenated alkanes) is 3. The minimum absolute atomic E-state index is 0.0940. The molecule has 0 fully saturated rings. The molecule has 0 heterocycles. The van der Waals surface area contributed by atoms with Gasteiger partial charge in [0.25, 0.3) is 0 Å². The van der Waals surface area contributed by atoms with E-state index in [-0.39, 0.29) is 12.0 Å². The molecule has 0 aliphatic heterocycles. The van der Waals surface area contributed by atoms with Crippen LogP contribution in [0.3, 0.4) is 0 Å². The third-order valence-corrected chi connectivity index (χ3v) is 4.76. The average molecular weight is 310 g/mol. The Bertz CT molecular complexity index is 596. The summed E-state index contributed by atoms with van der Waals surface area (Å²) in [4.78, 5) is 0. The minimum atomic E-state index is 0.0940. The van der Waals surface area contributed by atoms with Gasteiger partial charge in [-0.3, -0.25) is 0 Å². The summed E-state index contributed by atoms with van der Waals surface area (Å²) in [5, 5.41) is 9.28. The molecular formula is C22H30O. The molecule has 2 aromatic rings. The lowest BCUT2D eigenvalue weighted by atomic mass is 9.79. The Morgan fingerprint density at radius 2 is 1.61 bits per heavy atom. The normalized spacial score (nSPS) is 11.7. The van der Waals surface area contributed by atoms with Crippen LogP contribution in [0.2, 0.25) is 0 Å². The van der Waals surface area contributed by atoms with Crippen LogP contribution in [0.15, 0.2) is 48.5 Å². The second-order valence-corrected chi connectivity index (χ2v) is 7.13. The van der Waals surface area contributed by atoms with Crippen LogP contribution in [0.5, 0.6) is 0 Å². The molecule has 2 aromatic carbocycles. The van der Waals surface area contributed by atoms with Gasteiger partial charge < -0.3 is 5.11 Å². The fourth-order valence-electron chi connectivity index (χ4n) is 3.10. The zero-order valence-electron chi connectivity index (χ0n) is 14.8. The van der Waals surface area contributed by atoms with E-state index in [2.05, 4.69) is 57.2 Å². The van der Waals surface area contributed by atoms with Crippen molar-refractivity contribution in [1.29, 1.82) is 0 Å². The van der Waals surface area contributed by atoms with Gasteiger partial charge in [0.1, 0.15) is 0 Å². The monoisotopic (exact) mass is 310 g/mol. The molecule has 0 aliphatic rings. The number of hydrogen-bond acceptors (Lipinski definition) is 1. The summed E-state index contributed by atoms with van der Waals surface area (Å²) >= 11 is 0. The number of hydrogen-bond donors (Lipinski definition) is 1. The third kappa shape index (κ3) is 4.94. The zero-order chi connectivity index (χ0) is 16.7. The molecule has 23 heavy (non-hydrogen) atoms. The topological polar surface area (TPSA) is 20.2 Å². The SMILES string of the molecule is CCCCCCC(C)(C)c1ccc(-c2cccc(CO)c2)cc1. The first-order chi connectivity index (χ1) is 11.1. The fraction of sp³-hybridized carbons (Fsp3) is 0.455. The van der Waals surface area contributed by atoms with Crippen molar-refractivity contribution in [2.24, 2.45) is 0 Å². The van der Waals surface area contributed by atoms with Crippen molar-refractivity contribution in [3.05, 3.63) is 59.7 Å². The van der Waals surface area contributed by atoms with Gasteiger partial charge in [0, 0.05) is 0 Å². The highest BCUT2D eigenvalue weighted by atomic mass is 16.3. The Hall–Kier alpha value is -1.60.